The van der Waals surface area contributed by atoms with Gasteiger partial charge in [0.05, 0.1) is 18.2 Å². The van der Waals surface area contributed by atoms with Crippen molar-refractivity contribution in [2.24, 2.45) is 11.7 Å². The van der Waals surface area contributed by atoms with Crippen LogP contribution in [0.15, 0.2) is 29.9 Å². The van der Waals surface area contributed by atoms with Gasteiger partial charge in [0.25, 0.3) is 0 Å². The smallest absolute Gasteiger partial charge is 0.225 e. The van der Waals surface area contributed by atoms with Crippen molar-refractivity contribution in [3.63, 3.8) is 0 Å². The average molecular weight is 403 g/mol. The van der Waals surface area contributed by atoms with Gasteiger partial charge in [0, 0.05) is 28.9 Å². The number of pyridine rings is 1. The Balaban J connectivity index is 0.00000156. The summed E-state index contributed by atoms with van der Waals surface area (Å²) in [4.78, 5) is 21.0. The van der Waals surface area contributed by atoms with Gasteiger partial charge in [-0.05, 0) is 31.9 Å². The molecular formula is C17H24Cl2N4OS. The first-order valence-corrected chi connectivity index (χ1v) is 8.85. The summed E-state index contributed by atoms with van der Waals surface area (Å²) in [6.07, 6.45) is 7.48. The molecule has 25 heavy (non-hydrogen) atoms. The van der Waals surface area contributed by atoms with Gasteiger partial charge in [-0.15, -0.1) is 36.2 Å². The number of rotatable bonds is 4. The highest BCUT2D eigenvalue weighted by atomic mass is 35.5. The zero-order valence-corrected chi connectivity index (χ0v) is 16.6. The standard InChI is InChI=1S/C17H22N4OS.2ClH/c1-17(18)7-3-2-4-13(17)16(22)20-10-15-21-14(11-23-15)12-5-8-19-9-6-12;;/h5-6,8-9,11,13H,2-4,7,10,18H2,1H3,(H,20,22);2*1H. The van der Waals surface area contributed by atoms with Gasteiger partial charge in [0.15, 0.2) is 0 Å². The molecule has 1 aliphatic rings. The number of nitrogens with two attached hydrogens (primary N) is 1. The summed E-state index contributed by atoms with van der Waals surface area (Å²) in [5.74, 6) is -0.0498. The Morgan fingerprint density at radius 2 is 2.08 bits per heavy atom. The van der Waals surface area contributed by atoms with Gasteiger partial charge in [-0.25, -0.2) is 4.98 Å². The zero-order chi connectivity index (χ0) is 16.3. The molecule has 2 heterocycles. The highest BCUT2D eigenvalue weighted by Crippen LogP contribution is 2.31. The van der Waals surface area contributed by atoms with Crippen LogP contribution in [0.25, 0.3) is 11.3 Å². The topological polar surface area (TPSA) is 80.9 Å². The lowest BCUT2D eigenvalue weighted by atomic mass is 9.74. The maximum Gasteiger partial charge on any atom is 0.225 e. The molecule has 3 rings (SSSR count). The molecule has 2 unspecified atom stereocenters. The van der Waals surface area contributed by atoms with Gasteiger partial charge in [-0.1, -0.05) is 12.8 Å². The van der Waals surface area contributed by atoms with E-state index < -0.39 is 5.54 Å². The van der Waals surface area contributed by atoms with Crippen LogP contribution in [0.3, 0.4) is 0 Å². The van der Waals surface area contributed by atoms with Crippen molar-refractivity contribution in [3.8, 4) is 11.3 Å². The SMILES string of the molecule is CC1(N)CCCCC1C(=O)NCc1nc(-c2ccncc2)cs1.Cl.Cl. The van der Waals surface area contributed by atoms with E-state index in [9.17, 15) is 4.79 Å². The first-order chi connectivity index (χ1) is 11.1. The number of aromatic nitrogens is 2. The maximum absolute atomic E-state index is 12.4. The maximum atomic E-state index is 12.4. The lowest BCUT2D eigenvalue weighted by molar-refractivity contribution is -0.128. The Morgan fingerprint density at radius 3 is 2.76 bits per heavy atom. The Labute approximate surface area is 164 Å². The third-order valence-corrected chi connectivity index (χ3v) is 5.36. The van der Waals surface area contributed by atoms with E-state index in [0.717, 1.165) is 41.9 Å². The Kier molecular flexibility index (Phi) is 8.28. The molecule has 3 N–H and O–H groups in total. The molecule has 0 bridgehead atoms. The van der Waals surface area contributed by atoms with Crippen molar-refractivity contribution in [2.45, 2.75) is 44.7 Å². The quantitative estimate of drug-likeness (QED) is 0.818. The molecule has 0 aliphatic heterocycles. The molecule has 1 saturated carbocycles. The van der Waals surface area contributed by atoms with E-state index in [4.69, 9.17) is 5.73 Å². The number of carbonyl (C=O) groups excluding carboxylic acids is 1. The first kappa shape index (κ1) is 21.8. The summed E-state index contributed by atoms with van der Waals surface area (Å²) in [6.45, 7) is 2.45. The largest absolute Gasteiger partial charge is 0.349 e. The predicted molar refractivity (Wildman–Crippen MR) is 106 cm³/mol. The Bertz CT molecular complexity index is 678. The van der Waals surface area contributed by atoms with Crippen molar-refractivity contribution in [1.82, 2.24) is 15.3 Å². The van der Waals surface area contributed by atoms with Crippen LogP contribution in [0, 0.1) is 5.92 Å². The van der Waals surface area contributed by atoms with Crippen molar-refractivity contribution in [3.05, 3.63) is 34.9 Å². The minimum absolute atomic E-state index is 0. The second-order valence-corrected chi connectivity index (χ2v) is 7.33. The average Bonchev–Trinajstić information content (AvgIpc) is 3.02. The van der Waals surface area contributed by atoms with Gasteiger partial charge in [-0.2, -0.15) is 0 Å². The number of hydrogen-bond acceptors (Lipinski definition) is 5. The third kappa shape index (κ3) is 5.38. The fourth-order valence-electron chi connectivity index (χ4n) is 3.12. The summed E-state index contributed by atoms with van der Waals surface area (Å²) >= 11 is 1.56. The lowest BCUT2D eigenvalue weighted by Crippen LogP contribution is -2.52. The van der Waals surface area contributed by atoms with Crippen LogP contribution in [0.4, 0.5) is 0 Å². The number of nitrogens with one attached hydrogen (secondary N) is 1. The molecule has 2 atom stereocenters. The van der Waals surface area contributed by atoms with E-state index >= 15 is 0 Å². The van der Waals surface area contributed by atoms with Gasteiger partial charge in [-0.3, -0.25) is 9.78 Å². The molecule has 2 aromatic rings. The highest BCUT2D eigenvalue weighted by molar-refractivity contribution is 7.09. The number of nitrogens with zero attached hydrogens (tertiary/aromatic N) is 2. The molecule has 5 nitrogen and oxygen atoms in total. The summed E-state index contributed by atoms with van der Waals surface area (Å²) in [5.41, 5.74) is 7.85. The van der Waals surface area contributed by atoms with Crippen LogP contribution in [0.2, 0.25) is 0 Å². The van der Waals surface area contributed by atoms with Crippen LogP contribution in [-0.4, -0.2) is 21.4 Å². The molecule has 1 aliphatic carbocycles. The number of carbonyl (C=O) groups is 1. The monoisotopic (exact) mass is 402 g/mol. The summed E-state index contributed by atoms with van der Waals surface area (Å²) in [7, 11) is 0. The summed E-state index contributed by atoms with van der Waals surface area (Å²) in [6, 6.07) is 3.86. The van der Waals surface area contributed by atoms with Crippen LogP contribution in [-0.2, 0) is 11.3 Å². The van der Waals surface area contributed by atoms with E-state index in [1.807, 2.05) is 24.4 Å². The number of thiazole rings is 1. The molecule has 2 aromatic heterocycles. The van der Waals surface area contributed by atoms with E-state index in [-0.39, 0.29) is 36.6 Å². The van der Waals surface area contributed by atoms with Crippen LogP contribution >= 0.6 is 36.2 Å². The van der Waals surface area contributed by atoms with Gasteiger partial charge < -0.3 is 11.1 Å². The Hall–Kier alpha value is -1.21. The van der Waals surface area contributed by atoms with E-state index in [0.29, 0.717) is 6.54 Å². The van der Waals surface area contributed by atoms with Crippen LogP contribution in [0.5, 0.6) is 0 Å². The summed E-state index contributed by atoms with van der Waals surface area (Å²) in [5, 5.41) is 5.91. The van der Waals surface area contributed by atoms with Crippen molar-refractivity contribution in [1.29, 1.82) is 0 Å². The number of amides is 1. The summed E-state index contributed by atoms with van der Waals surface area (Å²) < 4.78 is 0. The fraction of sp³-hybridized carbons (Fsp3) is 0.471. The second kappa shape index (κ2) is 9.48. The first-order valence-electron chi connectivity index (χ1n) is 7.98. The van der Waals surface area contributed by atoms with Gasteiger partial charge >= 0.3 is 0 Å². The molecule has 1 amide bonds. The van der Waals surface area contributed by atoms with Crippen LogP contribution in [0.1, 0.15) is 37.6 Å². The van der Waals surface area contributed by atoms with Crippen LogP contribution < -0.4 is 11.1 Å². The Morgan fingerprint density at radius 1 is 1.36 bits per heavy atom. The minimum atomic E-state index is -0.395. The number of hydrogen-bond donors (Lipinski definition) is 2. The molecule has 138 valence electrons. The van der Waals surface area contributed by atoms with E-state index in [1.54, 1.807) is 23.7 Å². The number of halogens is 2. The lowest BCUT2D eigenvalue weighted by Gasteiger charge is -2.37. The van der Waals surface area contributed by atoms with E-state index in [2.05, 4.69) is 15.3 Å². The normalized spacial score (nSPS) is 22.4. The van der Waals surface area contributed by atoms with Gasteiger partial charge in [0.1, 0.15) is 5.01 Å². The van der Waals surface area contributed by atoms with Gasteiger partial charge in [0.2, 0.25) is 5.91 Å². The van der Waals surface area contributed by atoms with E-state index in [1.165, 1.54) is 0 Å². The third-order valence-electron chi connectivity index (χ3n) is 4.51. The van der Waals surface area contributed by atoms with Crippen molar-refractivity contribution >= 4 is 42.1 Å². The van der Waals surface area contributed by atoms with Crippen molar-refractivity contribution in [2.75, 3.05) is 0 Å². The fourth-order valence-corrected chi connectivity index (χ4v) is 3.87. The highest BCUT2D eigenvalue weighted by Gasteiger charge is 2.37. The molecule has 0 spiro atoms. The molecule has 0 aromatic carbocycles. The molecule has 0 radical (unpaired) electrons. The minimum Gasteiger partial charge on any atom is -0.349 e. The zero-order valence-electron chi connectivity index (χ0n) is 14.1. The molecular weight excluding hydrogens is 379 g/mol. The second-order valence-electron chi connectivity index (χ2n) is 6.38. The molecule has 0 saturated heterocycles. The van der Waals surface area contributed by atoms with Crippen molar-refractivity contribution < 1.29 is 4.79 Å². The predicted octanol–water partition coefficient (Wildman–Crippen LogP) is 3.57. The molecule has 8 heteroatoms. The molecule has 1 fully saturated rings.